The molecule has 0 aliphatic rings. The van der Waals surface area contributed by atoms with E-state index in [1.807, 2.05) is 0 Å². The molecule has 2 amide bonds. The van der Waals surface area contributed by atoms with Gasteiger partial charge in [-0.05, 0) is 17.5 Å². The highest BCUT2D eigenvalue weighted by atomic mass is 32.2. The van der Waals surface area contributed by atoms with Gasteiger partial charge in [-0.25, -0.2) is 13.2 Å². The predicted octanol–water partition coefficient (Wildman–Crippen LogP) is 2.92. The summed E-state index contributed by atoms with van der Waals surface area (Å²) >= 11 is 0. The van der Waals surface area contributed by atoms with E-state index in [9.17, 15) is 26.4 Å². The first kappa shape index (κ1) is 21.3. The Balaban J connectivity index is 2.62. The molecule has 0 unspecified atom stereocenters. The molecule has 9 heteroatoms. The van der Waals surface area contributed by atoms with E-state index in [0.717, 1.165) is 11.0 Å². The summed E-state index contributed by atoms with van der Waals surface area (Å²) < 4.78 is 62.4. The molecular weight excluding hydrogens is 357 g/mol. The number of hydrogen-bond donors (Lipinski definition) is 1. The second-order valence-corrected chi connectivity index (χ2v) is 8.48. The Morgan fingerprint density at radius 3 is 2.40 bits per heavy atom. The van der Waals surface area contributed by atoms with Crippen molar-refractivity contribution >= 4 is 15.9 Å². The first-order valence-corrected chi connectivity index (χ1v) is 9.59. The van der Waals surface area contributed by atoms with E-state index < -0.39 is 27.6 Å². The zero-order chi connectivity index (χ0) is 19.3. The largest absolute Gasteiger partial charge is 0.416 e. The van der Waals surface area contributed by atoms with Crippen molar-refractivity contribution < 1.29 is 26.4 Å². The van der Waals surface area contributed by atoms with E-state index in [0.29, 0.717) is 0 Å². The van der Waals surface area contributed by atoms with Crippen molar-refractivity contribution in [2.24, 2.45) is 5.92 Å². The number of carbonyl (C=O) groups is 1. The van der Waals surface area contributed by atoms with E-state index in [2.05, 4.69) is 5.32 Å². The van der Waals surface area contributed by atoms with Crippen LogP contribution in [0.4, 0.5) is 18.0 Å². The molecule has 0 aliphatic heterocycles. The van der Waals surface area contributed by atoms with Crippen LogP contribution < -0.4 is 5.32 Å². The Morgan fingerprint density at radius 1 is 1.24 bits per heavy atom. The number of nitrogens with zero attached hydrogens (tertiary/aromatic N) is 1. The fourth-order valence-electron chi connectivity index (χ4n) is 2.30. The summed E-state index contributed by atoms with van der Waals surface area (Å²) in [6.45, 7) is 3.24. The number of alkyl halides is 3. The molecule has 25 heavy (non-hydrogen) atoms. The highest BCUT2D eigenvalue weighted by Crippen LogP contribution is 2.32. The first-order valence-electron chi connectivity index (χ1n) is 7.77. The van der Waals surface area contributed by atoms with Crippen molar-refractivity contribution in [2.75, 3.05) is 25.1 Å². The molecule has 1 aromatic carbocycles. The molecule has 1 N–H and O–H groups in total. The Labute approximate surface area is 146 Å². The van der Waals surface area contributed by atoms with Gasteiger partial charge >= 0.3 is 12.2 Å². The summed E-state index contributed by atoms with van der Waals surface area (Å²) in [7, 11) is -1.92. The van der Waals surface area contributed by atoms with Crippen molar-refractivity contribution in [3.8, 4) is 0 Å². The van der Waals surface area contributed by atoms with Crippen molar-refractivity contribution in [2.45, 2.75) is 26.6 Å². The number of halogens is 3. The van der Waals surface area contributed by atoms with E-state index in [1.54, 1.807) is 13.8 Å². The second-order valence-electron chi connectivity index (χ2n) is 6.25. The fourth-order valence-corrected chi connectivity index (χ4v) is 3.90. The number of rotatable bonds is 7. The zero-order valence-corrected chi connectivity index (χ0v) is 15.2. The maximum Gasteiger partial charge on any atom is 0.416 e. The van der Waals surface area contributed by atoms with Crippen LogP contribution in [0.5, 0.6) is 0 Å². The minimum Gasteiger partial charge on any atom is -0.337 e. The molecule has 142 valence electrons. The molecule has 0 fully saturated rings. The second kappa shape index (κ2) is 8.55. The average molecular weight is 380 g/mol. The predicted molar refractivity (Wildman–Crippen MR) is 89.8 cm³/mol. The van der Waals surface area contributed by atoms with Crippen LogP contribution in [0.15, 0.2) is 24.3 Å². The summed E-state index contributed by atoms with van der Waals surface area (Å²) in [5, 5.41) is 2.42. The quantitative estimate of drug-likeness (QED) is 0.791. The lowest BCUT2D eigenvalue weighted by Gasteiger charge is -2.20. The summed E-state index contributed by atoms with van der Waals surface area (Å²) in [6.07, 6.45) is -4.50. The van der Waals surface area contributed by atoms with E-state index in [1.165, 1.54) is 25.2 Å². The minimum absolute atomic E-state index is 0.0118. The summed E-state index contributed by atoms with van der Waals surface area (Å²) in [5.74, 6) is -0.191. The van der Waals surface area contributed by atoms with Crippen LogP contribution in [0, 0.1) is 5.92 Å². The Morgan fingerprint density at radius 2 is 1.84 bits per heavy atom. The third kappa shape index (κ3) is 7.33. The fraction of sp³-hybridized carbons (Fsp3) is 0.562. The number of urea groups is 1. The monoisotopic (exact) mass is 380 g/mol. The zero-order valence-electron chi connectivity index (χ0n) is 14.4. The molecule has 0 radical (unpaired) electrons. The van der Waals surface area contributed by atoms with Gasteiger partial charge in [-0.1, -0.05) is 32.0 Å². The van der Waals surface area contributed by atoms with Gasteiger partial charge in [-0.15, -0.1) is 0 Å². The van der Waals surface area contributed by atoms with Crippen LogP contribution in [0.3, 0.4) is 0 Å². The van der Waals surface area contributed by atoms with Crippen LogP contribution in [0.1, 0.15) is 25.0 Å². The standard InChI is InChI=1S/C16H23F3N2O3S/c1-12(2)11-25(23,24)9-8-20-15(22)21(3)10-13-6-4-5-7-14(13)16(17,18)19/h4-7,12H,8-11H2,1-3H3,(H,20,22). The topological polar surface area (TPSA) is 66.5 Å². The smallest absolute Gasteiger partial charge is 0.337 e. The molecule has 0 aromatic heterocycles. The van der Waals surface area contributed by atoms with Gasteiger partial charge in [-0.3, -0.25) is 0 Å². The highest BCUT2D eigenvalue weighted by Gasteiger charge is 2.33. The lowest BCUT2D eigenvalue weighted by Crippen LogP contribution is -2.39. The summed E-state index contributed by atoms with van der Waals surface area (Å²) in [6, 6.07) is 4.39. The molecule has 0 saturated carbocycles. The number of benzene rings is 1. The number of sulfone groups is 1. The highest BCUT2D eigenvalue weighted by molar-refractivity contribution is 7.91. The van der Waals surface area contributed by atoms with Crippen LogP contribution in [0.2, 0.25) is 0 Å². The van der Waals surface area contributed by atoms with Gasteiger partial charge in [0.2, 0.25) is 0 Å². The molecule has 1 aromatic rings. The van der Waals surface area contributed by atoms with Gasteiger partial charge in [-0.2, -0.15) is 13.2 Å². The molecule has 0 atom stereocenters. The molecule has 0 spiro atoms. The van der Waals surface area contributed by atoms with Crippen molar-refractivity contribution in [3.05, 3.63) is 35.4 Å². The van der Waals surface area contributed by atoms with Gasteiger partial charge in [0, 0.05) is 20.1 Å². The van der Waals surface area contributed by atoms with Gasteiger partial charge in [0.1, 0.15) is 0 Å². The minimum atomic E-state index is -4.50. The Bertz CT molecular complexity index is 688. The molecule has 0 saturated heterocycles. The lowest BCUT2D eigenvalue weighted by atomic mass is 10.1. The Kier molecular flexibility index (Phi) is 7.28. The SMILES string of the molecule is CC(C)CS(=O)(=O)CCNC(=O)N(C)Cc1ccccc1C(F)(F)F. The molecule has 0 heterocycles. The summed E-state index contributed by atoms with van der Waals surface area (Å²) in [5.41, 5.74) is -0.825. The lowest BCUT2D eigenvalue weighted by molar-refractivity contribution is -0.138. The van der Waals surface area contributed by atoms with Gasteiger partial charge < -0.3 is 10.2 Å². The maximum absolute atomic E-state index is 13.0. The van der Waals surface area contributed by atoms with Crippen LogP contribution >= 0.6 is 0 Å². The van der Waals surface area contributed by atoms with Crippen molar-refractivity contribution in [1.82, 2.24) is 10.2 Å². The van der Waals surface area contributed by atoms with E-state index in [4.69, 9.17) is 0 Å². The summed E-state index contributed by atoms with van der Waals surface area (Å²) in [4.78, 5) is 13.0. The van der Waals surface area contributed by atoms with E-state index >= 15 is 0 Å². The molecule has 0 bridgehead atoms. The first-order chi connectivity index (χ1) is 11.4. The van der Waals surface area contributed by atoms with Crippen LogP contribution in [-0.2, 0) is 22.6 Å². The number of hydrogen-bond acceptors (Lipinski definition) is 3. The molecule has 0 aliphatic carbocycles. The molecule has 5 nitrogen and oxygen atoms in total. The Hall–Kier alpha value is -1.77. The molecular formula is C16H23F3N2O3S. The number of nitrogens with one attached hydrogen (secondary N) is 1. The van der Waals surface area contributed by atoms with E-state index in [-0.39, 0.29) is 36.1 Å². The average Bonchev–Trinajstić information content (AvgIpc) is 2.44. The molecule has 1 rings (SSSR count). The van der Waals surface area contributed by atoms with Crippen molar-refractivity contribution in [1.29, 1.82) is 0 Å². The van der Waals surface area contributed by atoms with Crippen LogP contribution in [-0.4, -0.2) is 44.4 Å². The van der Waals surface area contributed by atoms with Crippen molar-refractivity contribution in [3.63, 3.8) is 0 Å². The van der Waals surface area contributed by atoms with Gasteiger partial charge in [0.05, 0.1) is 17.1 Å². The maximum atomic E-state index is 13.0. The van der Waals surface area contributed by atoms with Gasteiger partial charge in [0.25, 0.3) is 0 Å². The normalized spacial score (nSPS) is 12.3. The number of carbonyl (C=O) groups excluding carboxylic acids is 1. The van der Waals surface area contributed by atoms with Crippen LogP contribution in [0.25, 0.3) is 0 Å². The third-order valence-electron chi connectivity index (χ3n) is 3.35. The van der Waals surface area contributed by atoms with Gasteiger partial charge in [0.15, 0.2) is 9.84 Å². The number of amides is 2. The third-order valence-corrected chi connectivity index (χ3v) is 5.35.